The molecule has 0 aliphatic carbocycles. The van der Waals surface area contributed by atoms with Gasteiger partial charge in [0.2, 0.25) is 5.91 Å². The van der Waals surface area contributed by atoms with Crippen LogP contribution < -0.4 is 4.90 Å². The smallest absolute Gasteiger partial charge is 0.241 e. The summed E-state index contributed by atoms with van der Waals surface area (Å²) in [6, 6.07) is 37.8. The molecule has 0 fully saturated rings. The van der Waals surface area contributed by atoms with Gasteiger partial charge < -0.3 is 0 Å². The Morgan fingerprint density at radius 2 is 1.38 bits per heavy atom. The van der Waals surface area contributed by atoms with Gasteiger partial charge in [0, 0.05) is 38.1 Å². The molecule has 5 rings (SSSR count). The Bertz CT molecular complexity index is 1610. The highest BCUT2D eigenvalue weighted by Gasteiger charge is 2.22. The molecule has 0 N–H and O–H groups in total. The second-order valence-electron chi connectivity index (χ2n) is 8.52. The molecule has 0 atom stereocenters. The Morgan fingerprint density at radius 3 is 1.97 bits per heavy atom. The predicted octanol–water partition coefficient (Wildman–Crippen LogP) is 9.05. The van der Waals surface area contributed by atoms with E-state index in [9.17, 15) is 10.1 Å². The van der Waals surface area contributed by atoms with Crippen LogP contribution in [0, 0.1) is 11.3 Å². The van der Waals surface area contributed by atoms with E-state index in [-0.39, 0.29) is 11.7 Å². The zero-order valence-electron chi connectivity index (χ0n) is 20.6. The van der Waals surface area contributed by atoms with Crippen molar-refractivity contribution >= 4 is 52.2 Å². The van der Waals surface area contributed by atoms with Crippen molar-refractivity contribution in [2.75, 3.05) is 10.7 Å². The number of hydrogen-bond acceptors (Lipinski definition) is 4. The van der Waals surface area contributed by atoms with Crippen molar-refractivity contribution in [1.82, 2.24) is 4.98 Å². The summed E-state index contributed by atoms with van der Waals surface area (Å²) >= 11 is 13.9. The van der Waals surface area contributed by atoms with E-state index in [2.05, 4.69) is 6.07 Å². The lowest BCUT2D eigenvalue weighted by molar-refractivity contribution is -0.115. The Morgan fingerprint density at radius 1 is 0.795 bits per heavy atom. The van der Waals surface area contributed by atoms with Gasteiger partial charge in [0.1, 0.15) is 11.1 Å². The zero-order valence-corrected chi connectivity index (χ0v) is 22.9. The first-order valence-electron chi connectivity index (χ1n) is 12.1. The van der Waals surface area contributed by atoms with Crippen LogP contribution >= 0.6 is 35.0 Å². The molecule has 0 saturated carbocycles. The third-order valence-electron chi connectivity index (χ3n) is 6.01. The van der Waals surface area contributed by atoms with Gasteiger partial charge in [-0.05, 0) is 48.5 Å². The van der Waals surface area contributed by atoms with Gasteiger partial charge in [-0.1, -0.05) is 102 Å². The van der Waals surface area contributed by atoms with Crippen molar-refractivity contribution in [2.45, 2.75) is 5.03 Å². The van der Waals surface area contributed by atoms with Gasteiger partial charge >= 0.3 is 0 Å². The number of carbonyl (C=O) groups is 1. The van der Waals surface area contributed by atoms with Crippen molar-refractivity contribution in [1.29, 1.82) is 5.26 Å². The summed E-state index contributed by atoms with van der Waals surface area (Å²) in [6.07, 6.45) is 0. The highest BCUT2D eigenvalue weighted by atomic mass is 35.5. The fraction of sp³-hybridized carbons (Fsp3) is 0.0312. The number of hydrogen-bond donors (Lipinski definition) is 0. The van der Waals surface area contributed by atoms with E-state index in [1.54, 1.807) is 23.1 Å². The summed E-state index contributed by atoms with van der Waals surface area (Å²) in [5.74, 6) is -0.0726. The number of thioether (sulfide) groups is 1. The molecule has 0 spiro atoms. The Balaban J connectivity index is 1.56. The molecule has 5 aromatic rings. The Labute approximate surface area is 241 Å². The van der Waals surface area contributed by atoms with Gasteiger partial charge in [0.15, 0.2) is 0 Å². The first-order chi connectivity index (χ1) is 19.0. The molecule has 4 nitrogen and oxygen atoms in total. The monoisotopic (exact) mass is 565 g/mol. The van der Waals surface area contributed by atoms with Crippen LogP contribution in [0.3, 0.4) is 0 Å². The molecule has 1 heterocycles. The number of nitriles is 1. The summed E-state index contributed by atoms with van der Waals surface area (Å²) in [6.45, 7) is 0. The van der Waals surface area contributed by atoms with Crippen molar-refractivity contribution in [3.05, 3.63) is 131 Å². The van der Waals surface area contributed by atoms with Gasteiger partial charge in [-0.2, -0.15) is 5.26 Å². The van der Waals surface area contributed by atoms with E-state index in [1.165, 1.54) is 11.8 Å². The number of nitrogens with zero attached hydrogens (tertiary/aromatic N) is 3. The minimum absolute atomic E-state index is 0.0670. The fourth-order valence-corrected chi connectivity index (χ4v) is 5.40. The van der Waals surface area contributed by atoms with E-state index in [1.807, 2.05) is 97.1 Å². The minimum atomic E-state index is -0.140. The summed E-state index contributed by atoms with van der Waals surface area (Å²) in [5.41, 5.74) is 4.74. The van der Waals surface area contributed by atoms with E-state index in [0.29, 0.717) is 31.9 Å². The fourth-order valence-electron chi connectivity index (χ4n) is 4.18. The van der Waals surface area contributed by atoms with Crippen molar-refractivity contribution in [2.24, 2.45) is 0 Å². The lowest BCUT2D eigenvalue weighted by Gasteiger charge is -2.23. The van der Waals surface area contributed by atoms with E-state index < -0.39 is 0 Å². The lowest BCUT2D eigenvalue weighted by Crippen LogP contribution is -2.27. The average molecular weight is 567 g/mol. The second-order valence-corrected chi connectivity index (χ2v) is 10.3. The molecule has 0 saturated heterocycles. The molecule has 1 amide bonds. The number of carbonyl (C=O) groups excluding carboxylic acids is 1. The highest BCUT2D eigenvalue weighted by Crippen LogP contribution is 2.38. The first kappa shape index (κ1) is 26.5. The number of para-hydroxylation sites is 2. The lowest BCUT2D eigenvalue weighted by atomic mass is 9.99. The summed E-state index contributed by atoms with van der Waals surface area (Å²) in [5, 5.41) is 11.8. The van der Waals surface area contributed by atoms with Gasteiger partial charge in [-0.25, -0.2) is 4.98 Å². The molecular weight excluding hydrogens is 545 g/mol. The van der Waals surface area contributed by atoms with E-state index in [0.717, 1.165) is 22.5 Å². The molecule has 0 aliphatic rings. The topological polar surface area (TPSA) is 57.0 Å². The Hall–Kier alpha value is -4.08. The first-order valence-corrected chi connectivity index (χ1v) is 13.8. The number of benzene rings is 4. The van der Waals surface area contributed by atoms with Gasteiger partial charge in [0.05, 0.1) is 17.0 Å². The van der Waals surface area contributed by atoms with Gasteiger partial charge in [-0.3, -0.25) is 9.69 Å². The Kier molecular flexibility index (Phi) is 8.29. The highest BCUT2D eigenvalue weighted by molar-refractivity contribution is 8.00. The number of pyridine rings is 1. The third-order valence-corrected chi connectivity index (χ3v) is 7.55. The number of amides is 1. The van der Waals surface area contributed by atoms with Crippen LogP contribution in [0.1, 0.15) is 5.56 Å². The summed E-state index contributed by atoms with van der Waals surface area (Å²) in [7, 11) is 0. The van der Waals surface area contributed by atoms with Crippen molar-refractivity contribution in [3.63, 3.8) is 0 Å². The van der Waals surface area contributed by atoms with Crippen LogP contribution in [0.5, 0.6) is 0 Å². The number of anilines is 2. The standard InChI is InChI=1S/C32H21Cl2N3OS/c33-23-17-15-22(16-18-23)30-19-27(26-13-7-8-14-29(26)34)28(20-35)32(36-30)39-21-31(38)37(24-9-3-1-4-10-24)25-11-5-2-6-12-25/h1-19H,21H2. The molecule has 190 valence electrons. The zero-order chi connectivity index (χ0) is 27.2. The largest absolute Gasteiger partial charge is 0.280 e. The molecule has 0 unspecified atom stereocenters. The second kappa shape index (κ2) is 12.2. The number of halogens is 2. The van der Waals surface area contributed by atoms with Crippen LogP contribution in [-0.2, 0) is 4.79 Å². The molecule has 0 aliphatic heterocycles. The predicted molar refractivity (Wildman–Crippen MR) is 161 cm³/mol. The van der Waals surface area contributed by atoms with Crippen LogP contribution in [0.15, 0.2) is 120 Å². The summed E-state index contributed by atoms with van der Waals surface area (Å²) in [4.78, 5) is 20.2. The van der Waals surface area contributed by atoms with Crippen LogP contribution in [-0.4, -0.2) is 16.6 Å². The summed E-state index contributed by atoms with van der Waals surface area (Å²) < 4.78 is 0. The molecular formula is C32H21Cl2N3OS. The molecule has 0 bridgehead atoms. The van der Waals surface area contributed by atoms with Crippen LogP contribution in [0.4, 0.5) is 11.4 Å². The van der Waals surface area contributed by atoms with Crippen molar-refractivity contribution in [3.8, 4) is 28.5 Å². The molecule has 1 aromatic heterocycles. The van der Waals surface area contributed by atoms with Crippen LogP contribution in [0.25, 0.3) is 22.4 Å². The van der Waals surface area contributed by atoms with Crippen molar-refractivity contribution < 1.29 is 4.79 Å². The molecule has 39 heavy (non-hydrogen) atoms. The quantitative estimate of drug-likeness (QED) is 0.185. The van der Waals surface area contributed by atoms with E-state index >= 15 is 0 Å². The molecule has 4 aromatic carbocycles. The third kappa shape index (κ3) is 6.00. The number of aromatic nitrogens is 1. The molecule has 0 radical (unpaired) electrons. The normalized spacial score (nSPS) is 10.6. The maximum absolute atomic E-state index is 13.7. The maximum Gasteiger partial charge on any atom is 0.241 e. The van der Waals surface area contributed by atoms with Crippen LogP contribution in [0.2, 0.25) is 10.0 Å². The van der Waals surface area contributed by atoms with E-state index in [4.69, 9.17) is 28.2 Å². The van der Waals surface area contributed by atoms with Gasteiger partial charge in [0.25, 0.3) is 0 Å². The molecule has 7 heteroatoms. The minimum Gasteiger partial charge on any atom is -0.280 e. The van der Waals surface area contributed by atoms with Gasteiger partial charge in [-0.15, -0.1) is 0 Å². The SMILES string of the molecule is N#Cc1c(-c2ccccc2Cl)cc(-c2ccc(Cl)cc2)nc1SCC(=O)N(c1ccccc1)c1ccccc1. The number of rotatable bonds is 7. The maximum atomic E-state index is 13.7. The average Bonchev–Trinajstić information content (AvgIpc) is 2.97.